The Hall–Kier alpha value is -2.01. The maximum atomic E-state index is 12.0. The highest BCUT2D eigenvalue weighted by molar-refractivity contribution is 7.98. The number of thioether (sulfide) groups is 1. The van der Waals surface area contributed by atoms with E-state index in [0.717, 1.165) is 5.56 Å². The normalized spacial score (nSPS) is 11.9. The summed E-state index contributed by atoms with van der Waals surface area (Å²) >= 11 is 1.68. The highest BCUT2D eigenvalue weighted by Gasteiger charge is 2.12. The van der Waals surface area contributed by atoms with Crippen LogP contribution in [0.1, 0.15) is 28.9 Å². The molecule has 1 amide bonds. The molecule has 0 aliphatic rings. The summed E-state index contributed by atoms with van der Waals surface area (Å²) in [6.07, 6.45) is 4.65. The molecule has 0 saturated carbocycles. The first kappa shape index (κ1) is 14.4. The topological polar surface area (TPSA) is 56.0 Å². The van der Waals surface area contributed by atoms with Crippen molar-refractivity contribution in [1.82, 2.24) is 5.32 Å². The summed E-state index contributed by atoms with van der Waals surface area (Å²) in [7, 11) is 0. The summed E-state index contributed by atoms with van der Waals surface area (Å²) in [5.74, 6) is -0.188. The first-order valence-corrected chi connectivity index (χ1v) is 7.46. The summed E-state index contributed by atoms with van der Waals surface area (Å²) in [4.78, 5) is 13.2. The van der Waals surface area contributed by atoms with E-state index in [2.05, 4.69) is 5.32 Å². The maximum absolute atomic E-state index is 12.0. The third kappa shape index (κ3) is 3.51. The number of hydrogen-bond donors (Lipinski definition) is 1. The fourth-order valence-corrected chi connectivity index (χ4v) is 2.23. The molecule has 1 aromatic heterocycles. The minimum absolute atomic E-state index is 0.0852. The van der Waals surface area contributed by atoms with Crippen molar-refractivity contribution in [1.29, 1.82) is 0 Å². The molecule has 2 rings (SSSR count). The van der Waals surface area contributed by atoms with Crippen LogP contribution in [0.2, 0.25) is 0 Å². The number of hydrogen-bond acceptors (Lipinski definition) is 3. The largest absolute Gasteiger partial charge is 0.619 e. The van der Waals surface area contributed by atoms with Crippen LogP contribution in [0.5, 0.6) is 0 Å². The monoisotopic (exact) mass is 288 g/mol. The van der Waals surface area contributed by atoms with Gasteiger partial charge in [-0.25, -0.2) is 0 Å². The second-order valence-corrected chi connectivity index (χ2v) is 5.29. The number of carbonyl (C=O) groups is 1. The minimum Gasteiger partial charge on any atom is -0.619 e. The standard InChI is InChI=1S/C15H16N2O2S/c1-11(12-3-5-14(20-2)6-4-12)16-15(18)13-7-9-17(19)10-8-13/h3-11H,1-2H3,(H,16,18). The summed E-state index contributed by atoms with van der Waals surface area (Å²) in [5, 5.41) is 13.8. The summed E-state index contributed by atoms with van der Waals surface area (Å²) in [5.41, 5.74) is 1.52. The summed E-state index contributed by atoms with van der Waals surface area (Å²) in [6, 6.07) is 11.0. The number of nitrogens with zero attached hydrogens (tertiary/aromatic N) is 1. The van der Waals surface area contributed by atoms with Gasteiger partial charge in [-0.3, -0.25) is 4.79 Å². The van der Waals surface area contributed by atoms with Crippen molar-refractivity contribution in [2.75, 3.05) is 6.26 Å². The zero-order valence-electron chi connectivity index (χ0n) is 11.4. The van der Waals surface area contributed by atoms with Crippen molar-refractivity contribution in [2.24, 2.45) is 0 Å². The molecule has 0 bridgehead atoms. The van der Waals surface area contributed by atoms with E-state index in [-0.39, 0.29) is 11.9 Å². The average molecular weight is 288 g/mol. The van der Waals surface area contributed by atoms with E-state index in [4.69, 9.17) is 0 Å². The van der Waals surface area contributed by atoms with Gasteiger partial charge in [-0.05, 0) is 30.9 Å². The first-order chi connectivity index (χ1) is 9.60. The molecule has 1 heterocycles. The molecule has 20 heavy (non-hydrogen) atoms. The molecule has 0 aliphatic heterocycles. The SMILES string of the molecule is CSc1ccc(C(C)NC(=O)c2cc[n+]([O-])cc2)cc1. The van der Waals surface area contributed by atoms with Gasteiger partial charge in [-0.15, -0.1) is 11.8 Å². The molecule has 1 atom stereocenters. The molecule has 0 fully saturated rings. The molecule has 5 heteroatoms. The van der Waals surface area contributed by atoms with E-state index in [9.17, 15) is 10.0 Å². The van der Waals surface area contributed by atoms with Gasteiger partial charge in [0, 0.05) is 17.0 Å². The second kappa shape index (κ2) is 6.43. The molecule has 0 radical (unpaired) electrons. The molecular weight excluding hydrogens is 272 g/mol. The lowest BCUT2D eigenvalue weighted by Gasteiger charge is -2.14. The van der Waals surface area contributed by atoms with Gasteiger partial charge >= 0.3 is 0 Å². The Labute approximate surface area is 122 Å². The lowest BCUT2D eigenvalue weighted by molar-refractivity contribution is -0.605. The Morgan fingerprint density at radius 1 is 1.20 bits per heavy atom. The Kier molecular flexibility index (Phi) is 4.63. The van der Waals surface area contributed by atoms with Gasteiger partial charge in [0.25, 0.3) is 5.91 Å². The smallest absolute Gasteiger partial charge is 0.252 e. The second-order valence-electron chi connectivity index (χ2n) is 4.42. The number of carbonyl (C=O) groups excluding carboxylic acids is 1. The third-order valence-corrected chi connectivity index (χ3v) is 3.77. The van der Waals surface area contributed by atoms with Crippen molar-refractivity contribution in [2.45, 2.75) is 17.9 Å². The molecule has 4 nitrogen and oxygen atoms in total. The summed E-state index contributed by atoms with van der Waals surface area (Å²) in [6.45, 7) is 1.93. The van der Waals surface area contributed by atoms with E-state index < -0.39 is 0 Å². The van der Waals surface area contributed by atoms with Gasteiger partial charge in [0.2, 0.25) is 0 Å². The van der Waals surface area contributed by atoms with Gasteiger partial charge in [0.05, 0.1) is 11.6 Å². The van der Waals surface area contributed by atoms with E-state index in [1.807, 2.05) is 37.4 Å². The fraction of sp³-hybridized carbons (Fsp3) is 0.200. The predicted molar refractivity (Wildman–Crippen MR) is 79.5 cm³/mol. The first-order valence-electron chi connectivity index (χ1n) is 6.24. The minimum atomic E-state index is -0.188. The number of amides is 1. The summed E-state index contributed by atoms with van der Waals surface area (Å²) < 4.78 is 0.654. The number of benzene rings is 1. The molecule has 104 valence electrons. The van der Waals surface area contributed by atoms with Crippen LogP contribution in [0.15, 0.2) is 53.7 Å². The van der Waals surface area contributed by atoms with Crippen LogP contribution in [0.25, 0.3) is 0 Å². The maximum Gasteiger partial charge on any atom is 0.252 e. The fourth-order valence-electron chi connectivity index (χ4n) is 1.82. The number of nitrogens with one attached hydrogen (secondary N) is 1. The van der Waals surface area contributed by atoms with Crippen LogP contribution in [0.4, 0.5) is 0 Å². The molecule has 0 saturated heterocycles. The van der Waals surface area contributed by atoms with Crippen LogP contribution < -0.4 is 10.0 Å². The number of rotatable bonds is 4. The zero-order valence-corrected chi connectivity index (χ0v) is 12.2. The van der Waals surface area contributed by atoms with Crippen LogP contribution in [0, 0.1) is 5.21 Å². The van der Waals surface area contributed by atoms with Gasteiger partial charge < -0.3 is 10.5 Å². The highest BCUT2D eigenvalue weighted by atomic mass is 32.2. The molecule has 1 N–H and O–H groups in total. The van der Waals surface area contributed by atoms with Crippen LogP contribution in [0.3, 0.4) is 0 Å². The van der Waals surface area contributed by atoms with Crippen LogP contribution >= 0.6 is 11.8 Å². The van der Waals surface area contributed by atoms with E-state index in [1.54, 1.807) is 11.8 Å². The Bertz CT molecular complexity index is 582. The molecule has 0 spiro atoms. The molecule has 2 aromatic rings. The van der Waals surface area contributed by atoms with Crippen LogP contribution in [-0.4, -0.2) is 12.2 Å². The van der Waals surface area contributed by atoms with Crippen molar-refractivity contribution < 1.29 is 9.52 Å². The average Bonchev–Trinajstić information content (AvgIpc) is 2.48. The van der Waals surface area contributed by atoms with Gasteiger partial charge in [0.15, 0.2) is 12.4 Å². The molecule has 1 unspecified atom stereocenters. The van der Waals surface area contributed by atoms with Crippen molar-refractivity contribution in [3.63, 3.8) is 0 Å². The van der Waals surface area contributed by atoms with E-state index in [1.165, 1.54) is 29.4 Å². The van der Waals surface area contributed by atoms with Crippen molar-refractivity contribution >= 4 is 17.7 Å². The van der Waals surface area contributed by atoms with Crippen molar-refractivity contribution in [3.8, 4) is 0 Å². The Morgan fingerprint density at radius 3 is 2.35 bits per heavy atom. The van der Waals surface area contributed by atoms with Crippen molar-refractivity contribution in [3.05, 3.63) is 65.1 Å². The number of aromatic nitrogens is 1. The molecular formula is C15H16N2O2S. The number of pyridine rings is 1. The third-order valence-electron chi connectivity index (χ3n) is 3.03. The molecule has 1 aromatic carbocycles. The van der Waals surface area contributed by atoms with Gasteiger partial charge in [-0.1, -0.05) is 12.1 Å². The predicted octanol–water partition coefficient (Wildman–Crippen LogP) is 2.53. The highest BCUT2D eigenvalue weighted by Crippen LogP contribution is 2.19. The quantitative estimate of drug-likeness (QED) is 0.534. The molecule has 0 aliphatic carbocycles. The van der Waals surface area contributed by atoms with Gasteiger partial charge in [-0.2, -0.15) is 4.73 Å². The van der Waals surface area contributed by atoms with E-state index >= 15 is 0 Å². The van der Waals surface area contributed by atoms with E-state index in [0.29, 0.717) is 10.3 Å². The van der Waals surface area contributed by atoms with Gasteiger partial charge in [0.1, 0.15) is 0 Å². The Morgan fingerprint density at radius 2 is 1.80 bits per heavy atom. The van der Waals surface area contributed by atoms with Crippen LogP contribution in [-0.2, 0) is 0 Å². The lowest BCUT2D eigenvalue weighted by atomic mass is 10.1. The zero-order chi connectivity index (χ0) is 14.5. The Balaban J connectivity index is 2.04. The lowest BCUT2D eigenvalue weighted by Crippen LogP contribution is -2.29.